The summed E-state index contributed by atoms with van der Waals surface area (Å²) in [5.74, 6) is 0.743. The van der Waals surface area contributed by atoms with Crippen LogP contribution in [0.15, 0.2) is 12.1 Å². The minimum atomic E-state index is -0.520. The molecule has 1 aliphatic heterocycles. The highest BCUT2D eigenvalue weighted by Gasteiger charge is 2.23. The summed E-state index contributed by atoms with van der Waals surface area (Å²) in [5, 5.41) is 13.9. The lowest BCUT2D eigenvalue weighted by Gasteiger charge is -2.14. The smallest absolute Gasteiger partial charge is 0.125 e. The van der Waals surface area contributed by atoms with Gasteiger partial charge in [-0.05, 0) is 38.1 Å². The van der Waals surface area contributed by atoms with Crippen LogP contribution in [0.4, 0.5) is 0 Å². The third-order valence-electron chi connectivity index (χ3n) is 3.01. The number of aliphatic hydroxyl groups is 1. The number of halogens is 1. The van der Waals surface area contributed by atoms with Crippen molar-refractivity contribution in [2.75, 3.05) is 13.7 Å². The van der Waals surface area contributed by atoms with E-state index in [1.807, 2.05) is 20.0 Å². The minimum absolute atomic E-state index is 0.168. The van der Waals surface area contributed by atoms with E-state index in [-0.39, 0.29) is 6.04 Å². The highest BCUT2D eigenvalue weighted by Crippen LogP contribution is 2.35. The molecule has 1 aliphatic rings. The molecule has 0 aromatic heterocycles. The van der Waals surface area contributed by atoms with Crippen molar-refractivity contribution in [3.05, 3.63) is 28.3 Å². The number of ether oxygens (including phenoxy) is 1. The second kappa shape index (κ2) is 4.62. The minimum Gasteiger partial charge on any atom is -0.492 e. The zero-order valence-electron chi connectivity index (χ0n) is 9.46. The molecule has 3 nitrogen and oxygen atoms in total. The molecule has 1 aromatic carbocycles. The fourth-order valence-corrected chi connectivity index (χ4v) is 2.08. The monoisotopic (exact) mass is 241 g/mol. The summed E-state index contributed by atoms with van der Waals surface area (Å²) in [5.41, 5.74) is 1.75. The molecule has 2 N–H and O–H groups in total. The van der Waals surface area contributed by atoms with Crippen molar-refractivity contribution in [2.45, 2.75) is 25.5 Å². The van der Waals surface area contributed by atoms with E-state index >= 15 is 0 Å². The molecule has 0 unspecified atom stereocenters. The van der Waals surface area contributed by atoms with Gasteiger partial charge in [-0.25, -0.2) is 0 Å². The van der Waals surface area contributed by atoms with Gasteiger partial charge < -0.3 is 15.2 Å². The zero-order chi connectivity index (χ0) is 11.7. The first-order chi connectivity index (χ1) is 7.61. The number of fused-ring (bicyclic) bond motifs is 1. The first-order valence-electron chi connectivity index (χ1n) is 5.40. The highest BCUT2D eigenvalue weighted by atomic mass is 35.5. The molecular formula is C12H16ClNO2. The molecule has 2 rings (SSSR count). The molecule has 0 spiro atoms. The lowest BCUT2D eigenvalue weighted by molar-refractivity contribution is 0.153. The number of likely N-dealkylation sites (N-methyl/N-ethyl adjacent to an activating group) is 1. The first kappa shape index (κ1) is 11.7. The van der Waals surface area contributed by atoms with Crippen LogP contribution in [0.3, 0.4) is 0 Å². The molecule has 0 amide bonds. The quantitative estimate of drug-likeness (QED) is 0.791. The lowest BCUT2D eigenvalue weighted by atomic mass is 10.0. The van der Waals surface area contributed by atoms with E-state index in [4.69, 9.17) is 16.3 Å². The molecule has 0 fully saturated rings. The average molecular weight is 242 g/mol. The maximum Gasteiger partial charge on any atom is 0.125 e. The summed E-state index contributed by atoms with van der Waals surface area (Å²) in [6.07, 6.45) is 0.121. The normalized spacial score (nSPS) is 24.5. The van der Waals surface area contributed by atoms with Crippen LogP contribution in [0, 0.1) is 6.92 Å². The predicted molar refractivity (Wildman–Crippen MR) is 64.1 cm³/mol. The third-order valence-corrected chi connectivity index (χ3v) is 3.41. The molecule has 0 aliphatic carbocycles. The Bertz CT molecular complexity index is 395. The van der Waals surface area contributed by atoms with E-state index in [0.717, 1.165) is 16.9 Å². The van der Waals surface area contributed by atoms with E-state index in [1.54, 1.807) is 6.07 Å². The van der Waals surface area contributed by atoms with Crippen LogP contribution in [0.1, 0.15) is 23.7 Å². The standard InChI is InChI=1S/C12H16ClNO2/c1-7-3-12-9(5-10(7)13)11(15)4-8(14-2)6-16-12/h3,5,8,11,14-15H,4,6H2,1-2H3/t8-,11-/m1/s1. The van der Waals surface area contributed by atoms with E-state index in [0.29, 0.717) is 18.1 Å². The van der Waals surface area contributed by atoms with Crippen LogP contribution in [0.5, 0.6) is 5.75 Å². The number of hydrogen-bond acceptors (Lipinski definition) is 3. The Balaban J connectivity index is 2.37. The second-order valence-electron chi connectivity index (χ2n) is 4.19. The van der Waals surface area contributed by atoms with Gasteiger partial charge >= 0.3 is 0 Å². The maximum atomic E-state index is 10.1. The molecule has 0 radical (unpaired) electrons. The number of rotatable bonds is 1. The van der Waals surface area contributed by atoms with Gasteiger partial charge in [-0.2, -0.15) is 0 Å². The molecule has 1 heterocycles. The van der Waals surface area contributed by atoms with Gasteiger partial charge in [0, 0.05) is 16.6 Å². The Hall–Kier alpha value is -0.770. The number of benzene rings is 1. The van der Waals surface area contributed by atoms with Crippen LogP contribution < -0.4 is 10.1 Å². The molecule has 4 heteroatoms. The Morgan fingerprint density at radius 3 is 2.94 bits per heavy atom. The Morgan fingerprint density at radius 2 is 2.25 bits per heavy atom. The summed E-state index contributed by atoms with van der Waals surface area (Å²) in [6, 6.07) is 3.86. The van der Waals surface area contributed by atoms with Crippen LogP contribution in [0.25, 0.3) is 0 Å². The Kier molecular flexibility index (Phi) is 3.38. The lowest BCUT2D eigenvalue weighted by Crippen LogP contribution is -2.31. The van der Waals surface area contributed by atoms with Gasteiger partial charge in [-0.3, -0.25) is 0 Å². The SMILES string of the molecule is CN[C@H]1COc2cc(C)c(Cl)cc2[C@H](O)C1. The van der Waals surface area contributed by atoms with E-state index in [9.17, 15) is 5.11 Å². The molecule has 0 saturated carbocycles. The molecule has 0 saturated heterocycles. The summed E-state index contributed by atoms with van der Waals surface area (Å²) < 4.78 is 5.68. The van der Waals surface area contributed by atoms with Gasteiger partial charge in [-0.15, -0.1) is 0 Å². The highest BCUT2D eigenvalue weighted by molar-refractivity contribution is 6.31. The van der Waals surface area contributed by atoms with Crippen molar-refractivity contribution >= 4 is 11.6 Å². The maximum absolute atomic E-state index is 10.1. The molecule has 0 bridgehead atoms. The summed E-state index contributed by atoms with van der Waals surface area (Å²) in [4.78, 5) is 0. The fourth-order valence-electron chi connectivity index (χ4n) is 1.91. The largest absolute Gasteiger partial charge is 0.492 e. The van der Waals surface area contributed by atoms with Crippen molar-refractivity contribution in [1.29, 1.82) is 0 Å². The fraction of sp³-hybridized carbons (Fsp3) is 0.500. The van der Waals surface area contributed by atoms with Gasteiger partial charge in [0.1, 0.15) is 12.4 Å². The molecule has 88 valence electrons. The Morgan fingerprint density at radius 1 is 1.50 bits per heavy atom. The third kappa shape index (κ3) is 2.17. The molecule has 16 heavy (non-hydrogen) atoms. The van der Waals surface area contributed by atoms with Gasteiger partial charge in [0.15, 0.2) is 0 Å². The number of aliphatic hydroxyl groups excluding tert-OH is 1. The van der Waals surface area contributed by atoms with Crippen molar-refractivity contribution in [3.63, 3.8) is 0 Å². The van der Waals surface area contributed by atoms with Crippen molar-refractivity contribution < 1.29 is 9.84 Å². The van der Waals surface area contributed by atoms with Gasteiger partial charge in [0.25, 0.3) is 0 Å². The molecule has 1 aromatic rings. The van der Waals surface area contributed by atoms with Crippen molar-refractivity contribution in [3.8, 4) is 5.75 Å². The van der Waals surface area contributed by atoms with Gasteiger partial charge in [0.05, 0.1) is 6.10 Å². The van der Waals surface area contributed by atoms with Crippen molar-refractivity contribution in [2.24, 2.45) is 0 Å². The first-order valence-corrected chi connectivity index (χ1v) is 5.77. The molecule has 2 atom stereocenters. The topological polar surface area (TPSA) is 41.5 Å². The van der Waals surface area contributed by atoms with Crippen molar-refractivity contribution in [1.82, 2.24) is 5.32 Å². The van der Waals surface area contributed by atoms with E-state index < -0.39 is 6.10 Å². The second-order valence-corrected chi connectivity index (χ2v) is 4.59. The summed E-state index contributed by atoms with van der Waals surface area (Å²) in [6.45, 7) is 2.50. The van der Waals surface area contributed by atoms with E-state index in [2.05, 4.69) is 5.32 Å². The summed E-state index contributed by atoms with van der Waals surface area (Å²) in [7, 11) is 1.87. The van der Waals surface area contributed by atoms with Crippen LogP contribution >= 0.6 is 11.6 Å². The Labute approximate surface area is 100 Å². The number of hydrogen-bond donors (Lipinski definition) is 2. The number of aryl methyl sites for hydroxylation is 1. The van der Waals surface area contributed by atoms with Gasteiger partial charge in [-0.1, -0.05) is 11.6 Å². The van der Waals surface area contributed by atoms with Crippen LogP contribution in [0.2, 0.25) is 5.02 Å². The average Bonchev–Trinajstić information content (AvgIpc) is 2.41. The van der Waals surface area contributed by atoms with Crippen LogP contribution in [-0.2, 0) is 0 Å². The number of nitrogens with one attached hydrogen (secondary N) is 1. The zero-order valence-corrected chi connectivity index (χ0v) is 10.2. The summed E-state index contributed by atoms with van der Waals surface area (Å²) >= 11 is 6.05. The van der Waals surface area contributed by atoms with Gasteiger partial charge in [0.2, 0.25) is 0 Å². The predicted octanol–water partition coefficient (Wildman–Crippen LogP) is 2.05. The molecular weight excluding hydrogens is 226 g/mol. The van der Waals surface area contributed by atoms with Crippen LogP contribution in [-0.4, -0.2) is 24.8 Å². The van der Waals surface area contributed by atoms with E-state index in [1.165, 1.54) is 0 Å².